The molecule has 0 aliphatic rings. The Balaban J connectivity index is 1.69. The molecule has 3 rings (SSSR count). The van der Waals surface area contributed by atoms with Crippen LogP contribution in [-0.4, -0.2) is 143 Å². The fraction of sp³-hybridized carbons (Fsp3) is 0.400. The Morgan fingerprint density at radius 1 is 0.606 bits per heavy atom. The molecule has 26 heteroatoms. The topological polar surface area (TPSA) is 395 Å². The zero-order valence-corrected chi connectivity index (χ0v) is 34.9. The number of amides is 6. The molecule has 25 nitrogen and oxygen atoms in total. The molecule has 356 valence electrons. The number of carboxylic acid groups (broad SMARTS) is 6. The molecule has 0 bridgehead atoms. The summed E-state index contributed by atoms with van der Waals surface area (Å²) in [6.07, 6.45) is -0.147. The maximum Gasteiger partial charge on any atom is 0.326 e. The highest BCUT2D eigenvalue weighted by Gasteiger charge is 2.27. The normalized spacial score (nSPS) is 12.6. The first-order valence-electron chi connectivity index (χ1n) is 20.1. The molecule has 0 aliphatic heterocycles. The molecule has 66 heavy (non-hydrogen) atoms. The van der Waals surface area contributed by atoms with Crippen molar-refractivity contribution in [3.63, 3.8) is 0 Å². The molecule has 0 spiro atoms. The van der Waals surface area contributed by atoms with Gasteiger partial charge in [0.15, 0.2) is 0 Å². The maximum absolute atomic E-state index is 13.6. The van der Waals surface area contributed by atoms with E-state index in [0.717, 1.165) is 0 Å². The van der Waals surface area contributed by atoms with Crippen molar-refractivity contribution in [2.45, 2.75) is 88.4 Å². The number of hydrogen-bond acceptors (Lipinski definition) is 12. The Morgan fingerprint density at radius 2 is 1.11 bits per heavy atom. The van der Waals surface area contributed by atoms with Gasteiger partial charge in [-0.1, -0.05) is 17.3 Å². The molecule has 0 radical (unpaired) electrons. The third-order valence-electron chi connectivity index (χ3n) is 9.38. The molecule has 0 fully saturated rings. The zero-order valence-electron chi connectivity index (χ0n) is 34.9. The van der Waals surface area contributed by atoms with Crippen molar-refractivity contribution in [1.29, 1.82) is 0 Å². The second-order valence-electron chi connectivity index (χ2n) is 14.5. The van der Waals surface area contributed by atoms with Crippen molar-refractivity contribution in [2.24, 2.45) is 0 Å². The predicted molar refractivity (Wildman–Crippen MR) is 223 cm³/mol. The second-order valence-corrected chi connectivity index (χ2v) is 14.5. The summed E-state index contributed by atoms with van der Waals surface area (Å²) in [6.45, 7) is -0.595. The summed E-state index contributed by atoms with van der Waals surface area (Å²) >= 11 is 0. The summed E-state index contributed by atoms with van der Waals surface area (Å²) < 4.78 is 14.1. The Morgan fingerprint density at radius 3 is 1.61 bits per heavy atom. The van der Waals surface area contributed by atoms with Crippen LogP contribution in [0.4, 0.5) is 19.7 Å². The van der Waals surface area contributed by atoms with E-state index in [1.165, 1.54) is 53.3 Å². The van der Waals surface area contributed by atoms with Crippen molar-refractivity contribution >= 4 is 65.4 Å². The summed E-state index contributed by atoms with van der Waals surface area (Å²) in [5.74, 6) is -9.88. The van der Waals surface area contributed by atoms with Gasteiger partial charge in [0.05, 0.1) is 24.3 Å². The van der Waals surface area contributed by atoms with E-state index in [2.05, 4.69) is 31.6 Å². The third-order valence-corrected chi connectivity index (χ3v) is 9.38. The van der Waals surface area contributed by atoms with Gasteiger partial charge in [-0.2, -0.15) is 0 Å². The molecule has 0 saturated heterocycles. The number of aliphatic carboxylic acids is 6. The number of unbranched alkanes of at least 4 members (excludes halogenated alkanes) is 1. The van der Waals surface area contributed by atoms with Gasteiger partial charge in [0.2, 0.25) is 0 Å². The third kappa shape index (κ3) is 17.9. The molecule has 6 amide bonds. The number of halogens is 1. The van der Waals surface area contributed by atoms with Crippen LogP contribution in [0.5, 0.6) is 0 Å². The minimum atomic E-state index is -1.60. The van der Waals surface area contributed by atoms with Gasteiger partial charge in [0.1, 0.15) is 24.2 Å². The number of carbonyl (C=O) groups is 10. The Kier molecular flexibility index (Phi) is 20.4. The van der Waals surface area contributed by atoms with Crippen LogP contribution in [0.15, 0.2) is 48.7 Å². The molecule has 12 N–H and O–H groups in total. The molecule has 3 aromatic rings. The fourth-order valence-electron chi connectivity index (χ4n) is 5.96. The largest absolute Gasteiger partial charge is 0.481 e. The summed E-state index contributed by atoms with van der Waals surface area (Å²) in [6, 6.07) is 1.36. The van der Waals surface area contributed by atoms with E-state index in [9.17, 15) is 72.8 Å². The predicted octanol–water partition coefficient (Wildman–Crippen LogP) is 1.01. The number of nitrogens with zero attached hydrogens (tertiary/aromatic N) is 3. The van der Waals surface area contributed by atoms with Crippen molar-refractivity contribution in [3.8, 4) is 5.69 Å². The number of aryl methyl sites for hydroxylation is 1. The molecule has 0 saturated carbocycles. The molecule has 2 unspecified atom stereocenters. The smallest absolute Gasteiger partial charge is 0.326 e. The van der Waals surface area contributed by atoms with E-state index < -0.39 is 116 Å². The van der Waals surface area contributed by atoms with Crippen LogP contribution >= 0.6 is 0 Å². The lowest BCUT2D eigenvalue weighted by molar-refractivity contribution is -0.142. The summed E-state index contributed by atoms with van der Waals surface area (Å²) in [5.41, 5.74) is 1.20. The average Bonchev–Trinajstić information content (AvgIpc) is 3.74. The Bertz CT molecular complexity index is 2250. The lowest BCUT2D eigenvalue weighted by atomic mass is 10.0. The van der Waals surface area contributed by atoms with Crippen LogP contribution in [0.3, 0.4) is 0 Å². The van der Waals surface area contributed by atoms with E-state index in [1.807, 2.05) is 10.6 Å². The van der Waals surface area contributed by atoms with Crippen LogP contribution in [-0.2, 0) is 41.6 Å². The number of hydrogen-bond donors (Lipinski definition) is 12. The van der Waals surface area contributed by atoms with E-state index >= 15 is 0 Å². The second kappa shape index (κ2) is 25.8. The number of carboxylic acids is 6. The van der Waals surface area contributed by atoms with Gasteiger partial charge >= 0.3 is 47.9 Å². The number of benzene rings is 2. The monoisotopic (exact) mass is 929 g/mol. The van der Waals surface area contributed by atoms with Gasteiger partial charge in [-0.05, 0) is 80.8 Å². The number of urea groups is 2. The molecular formula is C40H48FN9O16. The van der Waals surface area contributed by atoms with E-state index in [1.54, 1.807) is 0 Å². The quantitative estimate of drug-likeness (QED) is 0.0452. The highest BCUT2D eigenvalue weighted by Crippen LogP contribution is 2.19. The van der Waals surface area contributed by atoms with Gasteiger partial charge in [-0.25, -0.2) is 33.4 Å². The van der Waals surface area contributed by atoms with Crippen LogP contribution in [0.1, 0.15) is 83.3 Å². The van der Waals surface area contributed by atoms with Crippen LogP contribution in [0.25, 0.3) is 5.69 Å². The lowest BCUT2D eigenvalue weighted by Crippen LogP contribution is -2.51. The Labute approximate surface area is 373 Å². The molecule has 4 atom stereocenters. The van der Waals surface area contributed by atoms with E-state index in [4.69, 9.17) is 10.2 Å². The minimum absolute atomic E-state index is 0.00102. The molecule has 1 aromatic heterocycles. The first kappa shape index (κ1) is 52.2. The highest BCUT2D eigenvalue weighted by molar-refractivity contribution is 6.06. The number of carbonyl (C=O) groups excluding carboxylic acids is 4. The van der Waals surface area contributed by atoms with Crippen molar-refractivity contribution < 1.29 is 83.0 Å². The van der Waals surface area contributed by atoms with Gasteiger partial charge in [0.25, 0.3) is 11.8 Å². The lowest BCUT2D eigenvalue weighted by Gasteiger charge is -2.18. The summed E-state index contributed by atoms with van der Waals surface area (Å²) in [4.78, 5) is 120. The van der Waals surface area contributed by atoms with Gasteiger partial charge in [0, 0.05) is 42.6 Å². The van der Waals surface area contributed by atoms with E-state index in [-0.39, 0.29) is 67.6 Å². The number of alkyl halides is 1. The molecular weight excluding hydrogens is 881 g/mol. The Hall–Kier alpha value is -8.19. The number of anilines is 1. The standard InChI is InChI=1S/C40H48FN9O16/c41-14-3-4-25-20-50(49-48-25)26-18-22(33(55)42-15-2-1-5-27(35(57)58)44-39(65)45-28(36(59)60)10-12-31(51)52)17-23(19-26)34(56)43-24-8-6-21(7-9-24)16-30(38(63)64)47-40(66)46-29(37(61)62)11-13-32(53)54/h6-9,17-20,27-30H,1-5,10-16H2,(H,42,55)(H,43,56)(H,51,52)(H,53,54)(H,57,58)(H,59,60)(H,61,62)(H,63,64)(H2,44,45,65)(H2,46,47,66)/t27?,28-,29?,30-/m0/s1. The SMILES string of the molecule is O=C(O)CCC(NC(=O)N[C@@H](Cc1ccc(NC(=O)c2cc(C(=O)NCCCCC(NC(=O)N[C@@H](CCC(=O)O)C(=O)O)C(=O)O)cc(-n3cc(CCCF)nn3)c2)cc1)C(=O)O)C(=O)O. The number of nitrogens with one attached hydrogen (secondary N) is 6. The fourth-order valence-corrected chi connectivity index (χ4v) is 5.96. The van der Waals surface area contributed by atoms with Crippen molar-refractivity contribution in [2.75, 3.05) is 18.5 Å². The van der Waals surface area contributed by atoms with Crippen LogP contribution in [0, 0.1) is 0 Å². The van der Waals surface area contributed by atoms with E-state index in [0.29, 0.717) is 11.3 Å². The summed E-state index contributed by atoms with van der Waals surface area (Å²) in [5, 5.41) is 77.1. The number of rotatable bonds is 28. The molecule has 2 aromatic carbocycles. The minimum Gasteiger partial charge on any atom is -0.481 e. The number of aromatic nitrogens is 3. The average molecular weight is 930 g/mol. The highest BCUT2D eigenvalue weighted by atomic mass is 19.1. The first-order chi connectivity index (χ1) is 31.3. The first-order valence-corrected chi connectivity index (χ1v) is 20.1. The molecule has 0 aliphatic carbocycles. The van der Waals surface area contributed by atoms with Crippen molar-refractivity contribution in [3.05, 3.63) is 71.0 Å². The summed E-state index contributed by atoms with van der Waals surface area (Å²) in [7, 11) is 0. The van der Waals surface area contributed by atoms with Crippen LogP contribution < -0.4 is 31.9 Å². The van der Waals surface area contributed by atoms with Crippen molar-refractivity contribution in [1.82, 2.24) is 41.6 Å². The maximum atomic E-state index is 13.6. The van der Waals surface area contributed by atoms with Gasteiger partial charge in [-0.15, -0.1) is 5.10 Å². The van der Waals surface area contributed by atoms with Crippen LogP contribution in [0.2, 0.25) is 0 Å². The zero-order chi connectivity index (χ0) is 48.9. The van der Waals surface area contributed by atoms with Gasteiger partial charge < -0.3 is 62.5 Å². The van der Waals surface area contributed by atoms with Gasteiger partial charge in [-0.3, -0.25) is 23.6 Å². The molecule has 1 heterocycles.